The second kappa shape index (κ2) is 5.74. The number of nitrogens with zero attached hydrogens (tertiary/aromatic N) is 2. The van der Waals surface area contributed by atoms with E-state index < -0.39 is 0 Å². The van der Waals surface area contributed by atoms with E-state index in [0.29, 0.717) is 18.0 Å². The van der Waals surface area contributed by atoms with E-state index in [4.69, 9.17) is 10.7 Å². The molecule has 0 saturated heterocycles. The second-order valence-corrected chi connectivity index (χ2v) is 6.43. The Bertz CT molecular complexity index is 259. The van der Waals surface area contributed by atoms with Crippen LogP contribution in [0.3, 0.4) is 0 Å². The van der Waals surface area contributed by atoms with Crippen molar-refractivity contribution in [1.29, 1.82) is 0 Å². The van der Waals surface area contributed by atoms with Crippen molar-refractivity contribution in [2.75, 3.05) is 7.05 Å². The van der Waals surface area contributed by atoms with Crippen LogP contribution < -0.4 is 5.73 Å². The zero-order valence-corrected chi connectivity index (χ0v) is 12.2. The van der Waals surface area contributed by atoms with Gasteiger partial charge in [0.15, 0.2) is 5.96 Å². The molecule has 1 aliphatic carbocycles. The van der Waals surface area contributed by atoms with Gasteiger partial charge in [0.05, 0.1) is 6.04 Å². The van der Waals surface area contributed by atoms with E-state index in [1.807, 2.05) is 0 Å². The quantitative estimate of drug-likeness (QED) is 0.594. The number of nitrogens with two attached hydrogens (primary N) is 1. The number of hydrogen-bond acceptors (Lipinski definition) is 1. The van der Waals surface area contributed by atoms with Gasteiger partial charge in [-0.2, -0.15) is 0 Å². The standard InChI is InChI=1S/C14H29N3/c1-11(14(2,3)4)17(5)13(15)16-12-9-7-6-8-10-12/h11-12H,6-10H2,1-5H3,(H2,15,16). The molecule has 1 fully saturated rings. The average molecular weight is 239 g/mol. The largest absolute Gasteiger partial charge is 0.370 e. The van der Waals surface area contributed by atoms with Crippen molar-refractivity contribution in [3.05, 3.63) is 0 Å². The minimum absolute atomic E-state index is 0.224. The van der Waals surface area contributed by atoms with E-state index in [0.717, 1.165) is 0 Å². The molecule has 1 saturated carbocycles. The Labute approximate surface area is 106 Å². The first-order valence-electron chi connectivity index (χ1n) is 6.88. The topological polar surface area (TPSA) is 41.6 Å². The minimum Gasteiger partial charge on any atom is -0.370 e. The van der Waals surface area contributed by atoms with Crippen molar-refractivity contribution in [2.24, 2.45) is 16.1 Å². The Kier molecular flexibility index (Phi) is 4.84. The van der Waals surface area contributed by atoms with Crippen LogP contribution in [0.1, 0.15) is 59.8 Å². The molecular formula is C14H29N3. The molecule has 0 amide bonds. The molecule has 0 heterocycles. The summed E-state index contributed by atoms with van der Waals surface area (Å²) in [6.45, 7) is 8.93. The smallest absolute Gasteiger partial charge is 0.191 e. The molecule has 1 unspecified atom stereocenters. The fourth-order valence-corrected chi connectivity index (χ4v) is 2.27. The number of rotatable bonds is 2. The Morgan fingerprint density at radius 2 is 1.76 bits per heavy atom. The minimum atomic E-state index is 0.224. The predicted molar refractivity (Wildman–Crippen MR) is 75.2 cm³/mol. The van der Waals surface area contributed by atoms with E-state index in [9.17, 15) is 0 Å². The van der Waals surface area contributed by atoms with Crippen LogP contribution in [0.2, 0.25) is 0 Å². The number of guanidine groups is 1. The maximum atomic E-state index is 6.12. The van der Waals surface area contributed by atoms with Gasteiger partial charge in [0, 0.05) is 13.1 Å². The summed E-state index contributed by atoms with van der Waals surface area (Å²) in [4.78, 5) is 6.81. The highest BCUT2D eigenvalue weighted by atomic mass is 15.3. The first-order chi connectivity index (χ1) is 7.82. The number of hydrogen-bond donors (Lipinski definition) is 1. The molecule has 0 bridgehead atoms. The lowest BCUT2D eigenvalue weighted by atomic mass is 9.87. The van der Waals surface area contributed by atoms with Crippen LogP contribution in [0.25, 0.3) is 0 Å². The van der Waals surface area contributed by atoms with Crippen LogP contribution in [0.15, 0.2) is 4.99 Å². The van der Waals surface area contributed by atoms with Gasteiger partial charge in [0.25, 0.3) is 0 Å². The van der Waals surface area contributed by atoms with Gasteiger partial charge in [0.1, 0.15) is 0 Å². The van der Waals surface area contributed by atoms with Crippen LogP contribution >= 0.6 is 0 Å². The van der Waals surface area contributed by atoms with Gasteiger partial charge in [-0.15, -0.1) is 0 Å². The van der Waals surface area contributed by atoms with E-state index in [2.05, 4.69) is 39.6 Å². The Balaban J connectivity index is 2.61. The average Bonchev–Trinajstić information content (AvgIpc) is 2.27. The van der Waals surface area contributed by atoms with Crippen molar-refractivity contribution in [3.63, 3.8) is 0 Å². The second-order valence-electron chi connectivity index (χ2n) is 6.43. The third kappa shape index (κ3) is 4.21. The Morgan fingerprint density at radius 3 is 2.24 bits per heavy atom. The molecule has 0 radical (unpaired) electrons. The first kappa shape index (κ1) is 14.3. The molecule has 3 heteroatoms. The molecule has 0 aliphatic heterocycles. The summed E-state index contributed by atoms with van der Waals surface area (Å²) in [6, 6.07) is 0.855. The first-order valence-corrected chi connectivity index (χ1v) is 6.88. The summed E-state index contributed by atoms with van der Waals surface area (Å²) in [5.41, 5.74) is 6.35. The predicted octanol–water partition coefficient (Wildman–Crippen LogP) is 3.00. The molecule has 0 aromatic heterocycles. The fourth-order valence-electron chi connectivity index (χ4n) is 2.27. The summed E-state index contributed by atoms with van der Waals surface area (Å²) in [6.07, 6.45) is 6.39. The fraction of sp³-hybridized carbons (Fsp3) is 0.929. The molecule has 100 valence electrons. The van der Waals surface area contributed by atoms with Crippen molar-refractivity contribution >= 4 is 5.96 Å². The zero-order valence-electron chi connectivity index (χ0n) is 12.2. The Morgan fingerprint density at radius 1 is 1.24 bits per heavy atom. The lowest BCUT2D eigenvalue weighted by molar-refractivity contribution is 0.205. The molecule has 1 atom stereocenters. The van der Waals surface area contributed by atoms with Crippen molar-refractivity contribution < 1.29 is 0 Å². The number of aliphatic imine (C=N–C) groups is 1. The van der Waals surface area contributed by atoms with Crippen LogP contribution in [-0.4, -0.2) is 30.0 Å². The molecule has 2 N–H and O–H groups in total. The summed E-state index contributed by atoms with van der Waals surface area (Å²) in [7, 11) is 2.05. The molecule has 1 rings (SSSR count). The highest BCUT2D eigenvalue weighted by molar-refractivity contribution is 5.78. The molecule has 0 spiro atoms. The van der Waals surface area contributed by atoms with Crippen LogP contribution in [0, 0.1) is 5.41 Å². The van der Waals surface area contributed by atoms with Crippen LogP contribution in [0.4, 0.5) is 0 Å². The molecule has 17 heavy (non-hydrogen) atoms. The van der Waals surface area contributed by atoms with Gasteiger partial charge in [0.2, 0.25) is 0 Å². The summed E-state index contributed by atoms with van der Waals surface area (Å²) < 4.78 is 0. The Hall–Kier alpha value is -0.730. The third-order valence-corrected chi connectivity index (χ3v) is 4.09. The zero-order chi connectivity index (χ0) is 13.1. The highest BCUT2D eigenvalue weighted by Gasteiger charge is 2.25. The van der Waals surface area contributed by atoms with Crippen molar-refractivity contribution in [2.45, 2.75) is 71.9 Å². The van der Waals surface area contributed by atoms with Crippen LogP contribution in [0.5, 0.6) is 0 Å². The van der Waals surface area contributed by atoms with E-state index in [1.165, 1.54) is 32.1 Å². The maximum absolute atomic E-state index is 6.12. The van der Waals surface area contributed by atoms with Gasteiger partial charge >= 0.3 is 0 Å². The summed E-state index contributed by atoms with van der Waals surface area (Å²) in [5.74, 6) is 0.708. The maximum Gasteiger partial charge on any atom is 0.191 e. The third-order valence-electron chi connectivity index (χ3n) is 4.09. The summed E-state index contributed by atoms with van der Waals surface area (Å²) in [5, 5.41) is 0. The molecular weight excluding hydrogens is 210 g/mol. The van der Waals surface area contributed by atoms with E-state index in [1.54, 1.807) is 0 Å². The molecule has 0 aromatic carbocycles. The monoisotopic (exact) mass is 239 g/mol. The lowest BCUT2D eigenvalue weighted by Crippen LogP contribution is -2.47. The van der Waals surface area contributed by atoms with Gasteiger partial charge < -0.3 is 10.6 Å². The lowest BCUT2D eigenvalue weighted by Gasteiger charge is -2.36. The SMILES string of the molecule is CC(N(C)C(N)=NC1CCCCC1)C(C)(C)C. The van der Waals surface area contributed by atoms with Gasteiger partial charge in [-0.1, -0.05) is 40.0 Å². The molecule has 3 nitrogen and oxygen atoms in total. The summed E-state index contributed by atoms with van der Waals surface area (Å²) >= 11 is 0. The highest BCUT2D eigenvalue weighted by Crippen LogP contribution is 2.24. The van der Waals surface area contributed by atoms with Gasteiger partial charge in [-0.3, -0.25) is 0 Å². The van der Waals surface area contributed by atoms with Gasteiger partial charge in [-0.25, -0.2) is 4.99 Å². The van der Waals surface area contributed by atoms with Crippen molar-refractivity contribution in [1.82, 2.24) is 4.90 Å². The van der Waals surface area contributed by atoms with Crippen molar-refractivity contribution in [3.8, 4) is 0 Å². The van der Waals surface area contributed by atoms with E-state index >= 15 is 0 Å². The van der Waals surface area contributed by atoms with E-state index in [-0.39, 0.29) is 5.41 Å². The molecule has 0 aromatic rings. The van der Waals surface area contributed by atoms with Crippen LogP contribution in [-0.2, 0) is 0 Å². The molecule has 1 aliphatic rings. The normalized spacial score (nSPS) is 21.4. The van der Waals surface area contributed by atoms with Gasteiger partial charge in [-0.05, 0) is 25.2 Å².